The molecule has 0 fully saturated rings. The summed E-state index contributed by atoms with van der Waals surface area (Å²) in [5.41, 5.74) is 4.40. The van der Waals surface area contributed by atoms with Gasteiger partial charge in [-0.3, -0.25) is 6.08 Å². The van der Waals surface area contributed by atoms with Gasteiger partial charge in [-0.05, 0) is 10.6 Å². The monoisotopic (exact) mass is 485 g/mol. The van der Waals surface area contributed by atoms with Gasteiger partial charge in [0, 0.05) is 30.5 Å². The third-order valence-corrected chi connectivity index (χ3v) is 9.47. The van der Waals surface area contributed by atoms with E-state index >= 15 is 0 Å². The maximum atomic E-state index is 3.63. The van der Waals surface area contributed by atoms with Crippen LogP contribution in [0.4, 0.5) is 0 Å². The quantitative estimate of drug-likeness (QED) is 0.264. The van der Waals surface area contributed by atoms with E-state index in [1.54, 1.807) is 5.57 Å². The summed E-state index contributed by atoms with van der Waals surface area (Å²) in [6.07, 6.45) is 3.63. The van der Waals surface area contributed by atoms with Crippen molar-refractivity contribution >= 4 is 52.8 Å². The molecule has 5 heteroatoms. The molecule has 0 N–H and O–H groups in total. The van der Waals surface area contributed by atoms with Crippen molar-refractivity contribution in [2.45, 2.75) is 45.8 Å². The molecule has 0 spiro atoms. The predicted octanol–water partition coefficient (Wildman–Crippen LogP) is 6.49. The number of halogens is 2. The summed E-state index contributed by atoms with van der Waals surface area (Å²) in [6.45, 7) is 13.8. The molecule has 3 rings (SSSR count). The van der Waals surface area contributed by atoms with E-state index in [4.69, 9.17) is 0 Å². The largest absolute Gasteiger partial charge is 0.266 e. The zero-order valence-electron chi connectivity index (χ0n) is 17.7. The minimum atomic E-state index is -0.663. The maximum absolute atomic E-state index is 3.63. The third kappa shape index (κ3) is 7.94. The molecule has 152 valence electrons. The van der Waals surface area contributed by atoms with E-state index < -0.39 is 8.80 Å². The van der Waals surface area contributed by atoms with E-state index in [9.17, 15) is 0 Å². The zero-order valence-corrected chi connectivity index (χ0v) is 23.0. The van der Waals surface area contributed by atoms with Gasteiger partial charge in [0.1, 0.15) is 0 Å². The summed E-state index contributed by atoms with van der Waals surface area (Å²) in [6, 6.07) is 21.2. The van der Waals surface area contributed by atoms with Gasteiger partial charge in [-0.25, -0.2) is 5.57 Å². The summed E-state index contributed by atoms with van der Waals surface area (Å²) < 4.78 is 0. The molecule has 0 amide bonds. The standard InChI is InChI=1S/C12H11P.C11H19Si.2ClH.Ti/c1-3-7-11(8-4-1)13-12-9-5-2-6-10-12;1-8-7-11(4,12(5)6)10(3)9(8)2;;;/h1-10,13H;12H,1-6H3;2*1H;/q;-1;;;. The fraction of sp³-hybridized carbons (Fsp3) is 0.304. The van der Waals surface area contributed by atoms with Crippen LogP contribution in [0.2, 0.25) is 18.1 Å². The van der Waals surface area contributed by atoms with Gasteiger partial charge in [-0.1, -0.05) is 108 Å². The number of rotatable bonds is 3. The molecule has 1 atom stereocenters. The number of allylic oxidation sites excluding steroid dienone is 4. The summed E-state index contributed by atoms with van der Waals surface area (Å²) in [7, 11) is 0.114. The van der Waals surface area contributed by atoms with Crippen LogP contribution >= 0.6 is 33.4 Å². The molecule has 28 heavy (non-hydrogen) atoms. The van der Waals surface area contributed by atoms with Gasteiger partial charge in [-0.2, -0.15) is 11.1 Å². The zero-order chi connectivity index (χ0) is 18.4. The molecule has 0 nitrogen and oxygen atoms in total. The SMILES string of the molecule is CC1=[C-]C(C)([SiH](C)C)C(C)=C1C.Cl.Cl.[Ti].c1ccc(Pc2ccccc2)cc1. The van der Waals surface area contributed by atoms with Gasteiger partial charge in [0.25, 0.3) is 0 Å². The molecule has 0 bridgehead atoms. The van der Waals surface area contributed by atoms with Crippen molar-refractivity contribution in [3.05, 3.63) is 83.5 Å². The molecule has 2 aromatic rings. The van der Waals surface area contributed by atoms with Crippen molar-refractivity contribution < 1.29 is 21.7 Å². The first-order valence-corrected chi connectivity index (χ1v) is 12.9. The summed E-state index contributed by atoms with van der Waals surface area (Å²) in [5, 5.41) is 3.12. The first-order valence-electron chi connectivity index (χ1n) is 9.01. The van der Waals surface area contributed by atoms with Gasteiger partial charge in [0.2, 0.25) is 0 Å². The Hall–Kier alpha value is -0.139. The van der Waals surface area contributed by atoms with Crippen LogP contribution in [-0.4, -0.2) is 8.80 Å². The Balaban J connectivity index is 0. The van der Waals surface area contributed by atoms with Crippen molar-refractivity contribution in [1.82, 2.24) is 0 Å². The Labute approximate surface area is 202 Å². The minimum absolute atomic E-state index is 0. The van der Waals surface area contributed by atoms with Crippen molar-refractivity contribution in [2.24, 2.45) is 0 Å². The average Bonchev–Trinajstić information content (AvgIpc) is 2.81. The van der Waals surface area contributed by atoms with Crippen molar-refractivity contribution in [2.75, 3.05) is 0 Å². The molecule has 1 aliphatic carbocycles. The minimum Gasteiger partial charge on any atom is -0.266 e. The Morgan fingerprint density at radius 1 is 0.786 bits per heavy atom. The summed E-state index contributed by atoms with van der Waals surface area (Å²) in [4.78, 5) is 0. The predicted molar refractivity (Wildman–Crippen MR) is 133 cm³/mol. The van der Waals surface area contributed by atoms with Crippen molar-refractivity contribution in [1.29, 1.82) is 0 Å². The molecule has 0 aromatic heterocycles. The van der Waals surface area contributed by atoms with Crippen LogP contribution in [0, 0.1) is 6.08 Å². The Bertz CT molecular complexity index is 723. The van der Waals surface area contributed by atoms with Crippen LogP contribution in [0.15, 0.2) is 77.4 Å². The van der Waals surface area contributed by atoms with E-state index in [1.807, 2.05) is 0 Å². The van der Waals surface area contributed by atoms with E-state index in [0.29, 0.717) is 5.04 Å². The molecule has 0 saturated heterocycles. The van der Waals surface area contributed by atoms with Crippen molar-refractivity contribution in [3.8, 4) is 0 Å². The average molecular weight is 486 g/mol. The topological polar surface area (TPSA) is 0 Å². The third-order valence-electron chi connectivity index (χ3n) is 5.34. The smallest absolute Gasteiger partial charge is 0.0251 e. The molecule has 0 saturated carbocycles. The Morgan fingerprint density at radius 3 is 1.43 bits per heavy atom. The normalized spacial score (nSPS) is 17.5. The van der Waals surface area contributed by atoms with Crippen molar-refractivity contribution in [3.63, 3.8) is 0 Å². The van der Waals surface area contributed by atoms with Crippen LogP contribution in [0.5, 0.6) is 0 Å². The molecule has 1 unspecified atom stereocenters. The van der Waals surface area contributed by atoms with Crippen LogP contribution in [0.25, 0.3) is 0 Å². The number of benzene rings is 2. The second kappa shape index (κ2) is 14.0. The van der Waals surface area contributed by atoms with Gasteiger partial charge < -0.3 is 0 Å². The number of hydrogen-bond acceptors (Lipinski definition) is 0. The van der Waals surface area contributed by atoms with E-state index in [2.05, 4.69) is 108 Å². The van der Waals surface area contributed by atoms with Gasteiger partial charge in [0.15, 0.2) is 0 Å². The van der Waals surface area contributed by atoms with Gasteiger partial charge in [0.05, 0.1) is 0 Å². The fourth-order valence-electron chi connectivity index (χ4n) is 3.03. The summed E-state index contributed by atoms with van der Waals surface area (Å²) >= 11 is 0. The Kier molecular flexibility index (Phi) is 15.0. The first kappa shape index (κ1) is 30.1. The molecule has 2 aromatic carbocycles. The second-order valence-corrected chi connectivity index (χ2v) is 12.1. The molecular formula is C23H32Cl2PSiTi-. The van der Waals surface area contributed by atoms with Crippen LogP contribution in [0.3, 0.4) is 0 Å². The maximum Gasteiger partial charge on any atom is 0.0251 e. The fourth-order valence-corrected chi connectivity index (χ4v) is 5.67. The van der Waals surface area contributed by atoms with Crippen LogP contribution in [-0.2, 0) is 21.7 Å². The molecule has 1 aliphatic rings. The summed E-state index contributed by atoms with van der Waals surface area (Å²) in [5.74, 6) is 0. The molecule has 0 radical (unpaired) electrons. The number of hydrogen-bond donors (Lipinski definition) is 0. The molecular weight excluding hydrogens is 454 g/mol. The molecule has 0 heterocycles. The van der Waals surface area contributed by atoms with Crippen LogP contribution < -0.4 is 10.6 Å². The van der Waals surface area contributed by atoms with Gasteiger partial charge in [-0.15, -0.1) is 31.7 Å². The Morgan fingerprint density at radius 2 is 1.18 bits per heavy atom. The van der Waals surface area contributed by atoms with E-state index in [0.717, 1.165) is 8.58 Å². The first-order chi connectivity index (χ1) is 11.8. The van der Waals surface area contributed by atoms with Gasteiger partial charge >= 0.3 is 0 Å². The van der Waals surface area contributed by atoms with Crippen LogP contribution in [0.1, 0.15) is 27.7 Å². The van der Waals surface area contributed by atoms with E-state index in [-0.39, 0.29) is 46.5 Å². The molecule has 0 aliphatic heterocycles. The second-order valence-electron chi connectivity index (χ2n) is 7.21. The van der Waals surface area contributed by atoms with E-state index in [1.165, 1.54) is 21.8 Å².